The van der Waals surface area contributed by atoms with E-state index in [0.717, 1.165) is 50.1 Å². The summed E-state index contributed by atoms with van der Waals surface area (Å²) in [5.41, 5.74) is 6.60. The molecule has 6 N–H and O–H groups in total. The maximum absolute atomic E-state index is 8.28. The maximum Gasteiger partial charge on any atom is 0.140 e. The minimum atomic E-state index is 0.174. The van der Waals surface area contributed by atoms with E-state index in [9.17, 15) is 0 Å². The molecular weight excluding hydrogens is 572 g/mol. The van der Waals surface area contributed by atoms with E-state index in [2.05, 4.69) is 20.6 Å². The van der Waals surface area contributed by atoms with Gasteiger partial charge in [0.2, 0.25) is 0 Å². The van der Waals surface area contributed by atoms with E-state index in [-0.39, 0.29) is 12.1 Å². The molecule has 44 heavy (non-hydrogen) atoms. The van der Waals surface area contributed by atoms with Crippen molar-refractivity contribution in [3.63, 3.8) is 0 Å². The number of aromatic nitrogens is 4. The van der Waals surface area contributed by atoms with Gasteiger partial charge in [0, 0.05) is 40.4 Å². The zero-order chi connectivity index (χ0) is 31.0. The molecule has 0 saturated heterocycles. The Hall–Kier alpha value is -5.15. The quantitative estimate of drug-likeness (QED) is 0.0775. The van der Waals surface area contributed by atoms with Gasteiger partial charge in [-0.1, -0.05) is 11.6 Å². The lowest BCUT2D eigenvalue weighted by atomic mass is 10.1. The molecule has 2 aromatic heterocycles. The summed E-state index contributed by atoms with van der Waals surface area (Å²) in [6.45, 7) is 8.03. The first-order chi connectivity index (χ1) is 21.1. The summed E-state index contributed by atoms with van der Waals surface area (Å²) in [7, 11) is 0. The Bertz CT molecular complexity index is 2010. The first kappa shape index (κ1) is 28.9. The van der Waals surface area contributed by atoms with Gasteiger partial charge in [-0.3, -0.25) is 10.8 Å². The number of ether oxygens (including phenoxy) is 1. The van der Waals surface area contributed by atoms with Crippen LogP contribution in [0.15, 0.2) is 78.9 Å². The zero-order valence-corrected chi connectivity index (χ0v) is 25.6. The molecule has 0 bridgehead atoms. The summed E-state index contributed by atoms with van der Waals surface area (Å²) >= 11 is 6.68. The lowest BCUT2D eigenvalue weighted by molar-refractivity contribution is 0.483. The molecule has 0 unspecified atom stereocenters. The Kier molecular flexibility index (Phi) is 7.80. The molecule has 0 aliphatic carbocycles. The predicted molar refractivity (Wildman–Crippen MR) is 178 cm³/mol. The zero-order valence-electron chi connectivity index (χ0n) is 24.8. The van der Waals surface area contributed by atoms with Crippen LogP contribution in [0, 0.1) is 10.8 Å². The Labute approximate surface area is 260 Å². The Morgan fingerprint density at radius 3 is 1.75 bits per heavy atom. The third-order valence-electron chi connectivity index (χ3n) is 6.97. The third kappa shape index (κ3) is 6.14. The number of hydrogen-bond donors (Lipinski definition) is 6. The summed E-state index contributed by atoms with van der Waals surface area (Å²) in [4.78, 5) is 16.1. The molecule has 0 aliphatic heterocycles. The number of fused-ring (bicyclic) bond motifs is 2. The topological polar surface area (TPSA) is 138 Å². The van der Waals surface area contributed by atoms with Crippen molar-refractivity contribution < 1.29 is 4.74 Å². The monoisotopic (exact) mass is 604 g/mol. The van der Waals surface area contributed by atoms with E-state index >= 15 is 0 Å². The first-order valence-corrected chi connectivity index (χ1v) is 14.8. The second-order valence-corrected chi connectivity index (χ2v) is 11.7. The largest absolute Gasteiger partial charge is 0.457 e. The molecule has 0 amide bonds. The molecule has 222 valence electrons. The molecule has 10 heteroatoms. The molecule has 6 aromatic rings. The number of hydrogen-bond acceptors (Lipinski definition) is 5. The van der Waals surface area contributed by atoms with Crippen LogP contribution in [0.3, 0.4) is 0 Å². The number of imidazole rings is 2. The van der Waals surface area contributed by atoms with Gasteiger partial charge in [0.25, 0.3) is 0 Å². The number of amidine groups is 2. The van der Waals surface area contributed by atoms with Gasteiger partial charge in [-0.2, -0.15) is 0 Å². The summed E-state index contributed by atoms with van der Waals surface area (Å²) in [5.74, 6) is 3.41. The SMILES string of the molecule is CC(C)NC(=N)c1ccc2nc(-c3ccc(Oc4ccc(-c5nc6ccc(C(=N)NC(C)C)cc6[nH]5)c(Cl)c4)cc3)[nH]c2c1. The van der Waals surface area contributed by atoms with Gasteiger partial charge in [-0.05, 0) is 100 Å². The number of nitrogens with zero attached hydrogens (tertiary/aromatic N) is 2. The van der Waals surface area contributed by atoms with Crippen LogP contribution in [0.1, 0.15) is 38.8 Å². The number of benzene rings is 4. The lowest BCUT2D eigenvalue weighted by Crippen LogP contribution is -2.30. The van der Waals surface area contributed by atoms with Crippen LogP contribution in [-0.4, -0.2) is 43.7 Å². The van der Waals surface area contributed by atoms with E-state index in [1.165, 1.54) is 0 Å². The highest BCUT2D eigenvalue weighted by Gasteiger charge is 2.13. The predicted octanol–water partition coefficient (Wildman–Crippen LogP) is 7.87. The molecule has 9 nitrogen and oxygen atoms in total. The van der Waals surface area contributed by atoms with Gasteiger partial charge in [-0.25, -0.2) is 9.97 Å². The Balaban J connectivity index is 1.16. The minimum Gasteiger partial charge on any atom is -0.457 e. The fourth-order valence-electron chi connectivity index (χ4n) is 4.91. The fraction of sp³-hybridized carbons (Fsp3) is 0.176. The third-order valence-corrected chi connectivity index (χ3v) is 7.28. The maximum atomic E-state index is 8.28. The molecule has 0 radical (unpaired) electrons. The second kappa shape index (κ2) is 11.9. The van der Waals surface area contributed by atoms with Crippen LogP contribution < -0.4 is 15.4 Å². The standard InChI is InChI=1S/C34H33ClN8O/c1-18(2)38-31(36)21-7-13-27-29(15-21)42-33(40-27)20-5-9-23(10-6-20)44-24-11-12-25(26(35)17-24)34-41-28-14-8-22(16-30(28)43-34)32(37)39-19(3)4/h5-19H,1-4H3,(H2,36,38)(H2,37,39)(H,40,42)(H,41,43). The van der Waals surface area contributed by atoms with Crippen molar-refractivity contribution >= 4 is 45.3 Å². The van der Waals surface area contributed by atoms with Crippen molar-refractivity contribution in [1.29, 1.82) is 10.8 Å². The van der Waals surface area contributed by atoms with Gasteiger partial charge in [0.05, 0.1) is 27.1 Å². The molecular formula is C34H33ClN8O. The van der Waals surface area contributed by atoms with Gasteiger partial charge < -0.3 is 25.3 Å². The molecule has 0 saturated carbocycles. The highest BCUT2D eigenvalue weighted by molar-refractivity contribution is 6.33. The van der Waals surface area contributed by atoms with Crippen LogP contribution in [0.4, 0.5) is 0 Å². The number of aromatic amines is 2. The molecule has 2 heterocycles. The van der Waals surface area contributed by atoms with Crippen molar-refractivity contribution in [1.82, 2.24) is 30.6 Å². The minimum absolute atomic E-state index is 0.174. The van der Waals surface area contributed by atoms with Crippen molar-refractivity contribution in [2.75, 3.05) is 0 Å². The van der Waals surface area contributed by atoms with Crippen LogP contribution in [0.2, 0.25) is 5.02 Å². The number of nitrogens with one attached hydrogen (secondary N) is 6. The first-order valence-electron chi connectivity index (χ1n) is 14.4. The average molecular weight is 605 g/mol. The smallest absolute Gasteiger partial charge is 0.140 e. The molecule has 0 atom stereocenters. The fourth-order valence-corrected chi connectivity index (χ4v) is 5.17. The van der Waals surface area contributed by atoms with E-state index in [1.807, 2.05) is 100 Å². The van der Waals surface area contributed by atoms with E-state index in [4.69, 9.17) is 37.1 Å². The molecule has 6 rings (SSSR count). The molecule has 0 fully saturated rings. The van der Waals surface area contributed by atoms with Crippen LogP contribution in [0.5, 0.6) is 11.5 Å². The van der Waals surface area contributed by atoms with E-state index in [0.29, 0.717) is 34.0 Å². The summed E-state index contributed by atoms with van der Waals surface area (Å²) in [6, 6.07) is 25.0. The number of rotatable bonds is 8. The highest BCUT2D eigenvalue weighted by Crippen LogP contribution is 2.33. The van der Waals surface area contributed by atoms with Gasteiger partial charge in [0.15, 0.2) is 0 Å². The van der Waals surface area contributed by atoms with Crippen molar-refractivity contribution in [2.24, 2.45) is 0 Å². The normalized spacial score (nSPS) is 11.4. The average Bonchev–Trinajstić information content (AvgIpc) is 3.60. The Morgan fingerprint density at radius 2 is 1.20 bits per heavy atom. The van der Waals surface area contributed by atoms with Crippen molar-refractivity contribution in [3.05, 3.63) is 95.0 Å². The van der Waals surface area contributed by atoms with Gasteiger partial charge >= 0.3 is 0 Å². The molecule has 4 aromatic carbocycles. The highest BCUT2D eigenvalue weighted by atomic mass is 35.5. The van der Waals surface area contributed by atoms with Crippen LogP contribution >= 0.6 is 11.6 Å². The van der Waals surface area contributed by atoms with Crippen LogP contribution in [-0.2, 0) is 0 Å². The van der Waals surface area contributed by atoms with Gasteiger partial charge in [-0.15, -0.1) is 0 Å². The Morgan fingerprint density at radius 1 is 0.682 bits per heavy atom. The van der Waals surface area contributed by atoms with Crippen molar-refractivity contribution in [2.45, 2.75) is 39.8 Å². The summed E-state index contributed by atoms with van der Waals surface area (Å²) < 4.78 is 6.10. The molecule has 0 aliphatic rings. The van der Waals surface area contributed by atoms with E-state index < -0.39 is 0 Å². The summed E-state index contributed by atoms with van der Waals surface area (Å²) in [6.07, 6.45) is 0. The second-order valence-electron chi connectivity index (χ2n) is 11.3. The number of halogens is 1. The van der Waals surface area contributed by atoms with Gasteiger partial charge in [0.1, 0.15) is 34.8 Å². The van der Waals surface area contributed by atoms with E-state index in [1.54, 1.807) is 6.07 Å². The van der Waals surface area contributed by atoms with Crippen molar-refractivity contribution in [3.8, 4) is 34.3 Å². The summed E-state index contributed by atoms with van der Waals surface area (Å²) in [5, 5.41) is 23.3. The van der Waals surface area contributed by atoms with Crippen LogP contribution in [0.25, 0.3) is 44.8 Å². The lowest BCUT2D eigenvalue weighted by Gasteiger charge is -2.10. The number of H-pyrrole nitrogens is 2. The molecule has 0 spiro atoms.